The number of allylic oxidation sites excluding steroid dienone is 1. The lowest BCUT2D eigenvalue weighted by Gasteiger charge is -2.09. The number of aliphatic hydroxyl groups excluding tert-OH is 1. The number of aliphatic hydroxyl groups is 1. The molecule has 0 aromatic heterocycles. The van der Waals surface area contributed by atoms with Crippen molar-refractivity contribution in [1.82, 2.24) is 4.72 Å². The number of rotatable bonds is 8. The van der Waals surface area contributed by atoms with Crippen molar-refractivity contribution in [3.63, 3.8) is 0 Å². The second kappa shape index (κ2) is 8.54. The zero-order valence-electron chi connectivity index (χ0n) is 14.1. The van der Waals surface area contributed by atoms with Crippen LogP contribution < -0.4 is 4.72 Å². The second-order valence-electron chi connectivity index (χ2n) is 5.10. The van der Waals surface area contributed by atoms with Gasteiger partial charge < -0.3 is 15.3 Å². The number of carbonyl (C=O) groups is 2. The molecule has 3 N–H and O–H groups in total. The first-order chi connectivity index (χ1) is 11.6. The van der Waals surface area contributed by atoms with Gasteiger partial charge in [0, 0.05) is 12.3 Å². The van der Waals surface area contributed by atoms with Crippen LogP contribution in [0.5, 0.6) is 0 Å². The lowest BCUT2D eigenvalue weighted by Crippen LogP contribution is -2.23. The van der Waals surface area contributed by atoms with Crippen molar-refractivity contribution in [3.8, 4) is 0 Å². The third kappa shape index (κ3) is 5.50. The van der Waals surface area contributed by atoms with Crippen molar-refractivity contribution >= 4 is 27.5 Å². The van der Waals surface area contributed by atoms with Crippen molar-refractivity contribution in [2.45, 2.75) is 25.7 Å². The lowest BCUT2D eigenvalue weighted by molar-refractivity contribution is -0.113. The summed E-state index contributed by atoms with van der Waals surface area (Å²) in [5.41, 5.74) is -0.266. The van der Waals surface area contributed by atoms with E-state index in [1.807, 2.05) is 0 Å². The van der Waals surface area contributed by atoms with E-state index in [0.29, 0.717) is 0 Å². The minimum Gasteiger partial charge on any atom is -0.508 e. The highest BCUT2D eigenvalue weighted by Crippen LogP contribution is 2.12. The van der Waals surface area contributed by atoms with Gasteiger partial charge in [0.25, 0.3) is 0 Å². The topological polar surface area (TPSA) is 134 Å². The van der Waals surface area contributed by atoms with Crippen molar-refractivity contribution in [2.75, 3.05) is 13.2 Å². The Morgan fingerprint density at radius 1 is 1.20 bits per heavy atom. The van der Waals surface area contributed by atoms with Crippen LogP contribution in [-0.4, -0.2) is 44.1 Å². The Hall–Kier alpha value is -2.52. The molecule has 0 atom stereocenters. The van der Waals surface area contributed by atoms with Crippen molar-refractivity contribution < 1.29 is 27.9 Å². The normalized spacial score (nSPS) is 12.3. The van der Waals surface area contributed by atoms with Crippen molar-refractivity contribution in [2.24, 2.45) is 0 Å². The zero-order valence-corrected chi connectivity index (χ0v) is 14.9. The molecule has 1 rings (SSSR count). The van der Waals surface area contributed by atoms with E-state index >= 15 is 0 Å². The van der Waals surface area contributed by atoms with Crippen LogP contribution in [0.4, 0.5) is 0 Å². The quantitative estimate of drug-likeness (QED) is 0.276. The summed E-state index contributed by atoms with van der Waals surface area (Å²) in [6.45, 7) is 3.84. The van der Waals surface area contributed by atoms with Gasteiger partial charge in [-0.25, -0.2) is 17.9 Å². The van der Waals surface area contributed by atoms with Gasteiger partial charge in [0.2, 0.25) is 10.0 Å². The molecule has 0 bridgehead atoms. The monoisotopic (exact) mass is 368 g/mol. The molecular formula is C16H20N2O6S. The maximum Gasteiger partial charge on any atom is 0.338 e. The first-order valence-electron chi connectivity index (χ1n) is 7.35. The zero-order chi connectivity index (χ0) is 19.2. The van der Waals surface area contributed by atoms with E-state index in [1.54, 1.807) is 6.92 Å². The van der Waals surface area contributed by atoms with E-state index in [9.17, 15) is 23.1 Å². The fourth-order valence-corrected chi connectivity index (χ4v) is 3.06. The van der Waals surface area contributed by atoms with E-state index in [0.717, 1.165) is 0 Å². The Morgan fingerprint density at radius 2 is 1.76 bits per heavy atom. The van der Waals surface area contributed by atoms with Gasteiger partial charge in [0.05, 0.1) is 16.0 Å². The van der Waals surface area contributed by atoms with E-state index in [4.69, 9.17) is 10.1 Å². The highest BCUT2D eigenvalue weighted by molar-refractivity contribution is 7.89. The number of benzene rings is 1. The summed E-state index contributed by atoms with van der Waals surface area (Å²) < 4.78 is 30.8. The number of nitrogens with one attached hydrogen (secondary N) is 2. The molecule has 0 saturated heterocycles. The standard InChI is InChI=1S/C16H20N2O6S/c1-4-18-25(22,23)13-7-5-12(6-8-13)16(21)24-9-14(20)15(10(2)17)11(3)19/h5-8,17-18,20H,4,9H2,1-3H3/b15-14-,17-10?. The van der Waals surface area contributed by atoms with E-state index < -0.39 is 34.1 Å². The predicted molar refractivity (Wildman–Crippen MR) is 91.3 cm³/mol. The average Bonchev–Trinajstić information content (AvgIpc) is 2.52. The number of Topliss-reactive ketones (excluding diaryl/α,β-unsaturated/α-hetero) is 1. The summed E-state index contributed by atoms with van der Waals surface area (Å²) in [6.07, 6.45) is 0. The molecule has 0 radical (unpaired) electrons. The van der Waals surface area contributed by atoms with Gasteiger partial charge in [-0.05, 0) is 38.1 Å². The van der Waals surface area contributed by atoms with Crippen LogP contribution in [-0.2, 0) is 19.6 Å². The Bertz CT molecular complexity index is 794. The molecule has 0 aliphatic carbocycles. The summed E-state index contributed by atoms with van der Waals surface area (Å²) in [6, 6.07) is 5.07. The molecule has 0 unspecified atom stereocenters. The molecule has 136 valence electrons. The summed E-state index contributed by atoms with van der Waals surface area (Å²) in [5, 5.41) is 17.2. The van der Waals surface area contributed by atoms with Gasteiger partial charge >= 0.3 is 5.97 Å². The summed E-state index contributed by atoms with van der Waals surface area (Å²) >= 11 is 0. The largest absolute Gasteiger partial charge is 0.508 e. The molecule has 0 saturated carbocycles. The van der Waals surface area contributed by atoms with Crippen molar-refractivity contribution in [3.05, 3.63) is 41.2 Å². The first kappa shape index (κ1) is 20.5. The summed E-state index contributed by atoms with van der Waals surface area (Å²) in [7, 11) is -3.62. The molecule has 1 aromatic carbocycles. The number of hydrogen-bond acceptors (Lipinski definition) is 7. The third-order valence-electron chi connectivity index (χ3n) is 3.09. The lowest BCUT2D eigenvalue weighted by atomic mass is 10.1. The van der Waals surface area contributed by atoms with Crippen LogP contribution >= 0.6 is 0 Å². The van der Waals surface area contributed by atoms with Crippen LogP contribution in [0.3, 0.4) is 0 Å². The van der Waals surface area contributed by atoms with Crippen LogP contribution in [0.1, 0.15) is 31.1 Å². The Balaban J connectivity index is 2.87. The molecule has 0 heterocycles. The van der Waals surface area contributed by atoms with Crippen LogP contribution in [0, 0.1) is 5.41 Å². The Morgan fingerprint density at radius 3 is 2.20 bits per heavy atom. The average molecular weight is 368 g/mol. The third-order valence-corrected chi connectivity index (χ3v) is 4.65. The van der Waals surface area contributed by atoms with Crippen molar-refractivity contribution in [1.29, 1.82) is 5.41 Å². The number of ether oxygens (including phenoxy) is 1. The van der Waals surface area contributed by atoms with Gasteiger partial charge in [0.15, 0.2) is 5.78 Å². The number of esters is 1. The fraction of sp³-hybridized carbons (Fsp3) is 0.312. The number of sulfonamides is 1. The smallest absolute Gasteiger partial charge is 0.338 e. The molecule has 9 heteroatoms. The van der Waals surface area contributed by atoms with Gasteiger partial charge in [0.1, 0.15) is 12.4 Å². The van der Waals surface area contributed by atoms with E-state index in [2.05, 4.69) is 4.72 Å². The van der Waals surface area contributed by atoms with Crippen LogP contribution in [0.2, 0.25) is 0 Å². The molecule has 25 heavy (non-hydrogen) atoms. The molecule has 0 aliphatic rings. The van der Waals surface area contributed by atoms with Gasteiger partial charge in [-0.3, -0.25) is 4.79 Å². The molecule has 0 aliphatic heterocycles. The van der Waals surface area contributed by atoms with Crippen LogP contribution in [0.25, 0.3) is 0 Å². The molecule has 0 amide bonds. The van der Waals surface area contributed by atoms with E-state index in [1.165, 1.54) is 38.1 Å². The molecule has 0 spiro atoms. The SMILES string of the molecule is CCNS(=O)(=O)c1ccc(C(=O)OC/C(O)=C(\C(C)=N)C(C)=O)cc1. The molecular weight excluding hydrogens is 348 g/mol. The second-order valence-corrected chi connectivity index (χ2v) is 6.87. The maximum absolute atomic E-state index is 11.9. The molecule has 0 fully saturated rings. The first-order valence-corrected chi connectivity index (χ1v) is 8.83. The highest BCUT2D eigenvalue weighted by atomic mass is 32.2. The summed E-state index contributed by atoms with van der Waals surface area (Å²) in [5.74, 6) is -1.83. The van der Waals surface area contributed by atoms with E-state index in [-0.39, 0.29) is 28.3 Å². The minimum absolute atomic E-state index is 0.00643. The number of carbonyl (C=O) groups excluding carboxylic acids is 2. The minimum atomic E-state index is -3.62. The molecule has 1 aromatic rings. The Labute approximate surface area is 146 Å². The van der Waals surface area contributed by atoms with Gasteiger partial charge in [-0.1, -0.05) is 6.92 Å². The number of hydrogen-bond donors (Lipinski definition) is 3. The van der Waals surface area contributed by atoms with Gasteiger partial charge in [-0.15, -0.1) is 0 Å². The maximum atomic E-state index is 11.9. The van der Waals surface area contributed by atoms with Crippen LogP contribution in [0.15, 0.2) is 40.5 Å². The predicted octanol–water partition coefficient (Wildman–Crippen LogP) is 1.58. The summed E-state index contributed by atoms with van der Waals surface area (Å²) in [4.78, 5) is 23.3. The Kier molecular flexibility index (Phi) is 7.01. The van der Waals surface area contributed by atoms with Gasteiger partial charge in [-0.2, -0.15) is 0 Å². The number of ketones is 1. The highest BCUT2D eigenvalue weighted by Gasteiger charge is 2.17. The molecule has 8 nitrogen and oxygen atoms in total. The fourth-order valence-electron chi connectivity index (χ4n) is 2.02.